The lowest BCUT2D eigenvalue weighted by Crippen LogP contribution is -2.55. The predicted octanol–water partition coefficient (Wildman–Crippen LogP) is 1.50. The van der Waals surface area contributed by atoms with E-state index < -0.39 is 5.54 Å². The zero-order valence-corrected chi connectivity index (χ0v) is 12.4. The second kappa shape index (κ2) is 8.51. The van der Waals surface area contributed by atoms with Crippen LogP contribution in [0, 0.1) is 0 Å². The van der Waals surface area contributed by atoms with Crippen molar-refractivity contribution in [2.45, 2.75) is 51.7 Å². The van der Waals surface area contributed by atoms with E-state index in [9.17, 15) is 4.79 Å². The van der Waals surface area contributed by atoms with Crippen molar-refractivity contribution in [2.75, 3.05) is 33.0 Å². The van der Waals surface area contributed by atoms with Gasteiger partial charge in [-0.1, -0.05) is 6.92 Å². The van der Waals surface area contributed by atoms with Crippen molar-refractivity contribution in [3.63, 3.8) is 0 Å². The molecule has 19 heavy (non-hydrogen) atoms. The van der Waals surface area contributed by atoms with Crippen LogP contribution in [0.3, 0.4) is 0 Å². The summed E-state index contributed by atoms with van der Waals surface area (Å²) in [4.78, 5) is 12.1. The molecular formula is C14H27NO4. The fourth-order valence-corrected chi connectivity index (χ4v) is 2.00. The summed E-state index contributed by atoms with van der Waals surface area (Å²) in [5.41, 5.74) is -0.760. The molecule has 0 saturated carbocycles. The first kappa shape index (κ1) is 16.4. The molecule has 1 atom stereocenters. The SMILES string of the molecule is CCCNC(C)(COC1CCOCC1)C(=O)OCC. The first-order chi connectivity index (χ1) is 9.12. The van der Waals surface area contributed by atoms with Gasteiger partial charge in [0.25, 0.3) is 0 Å². The molecule has 1 fully saturated rings. The molecule has 0 aromatic heterocycles. The van der Waals surface area contributed by atoms with Crippen molar-refractivity contribution >= 4 is 5.97 Å². The van der Waals surface area contributed by atoms with Gasteiger partial charge in [-0.25, -0.2) is 4.79 Å². The van der Waals surface area contributed by atoms with Crippen LogP contribution < -0.4 is 5.32 Å². The number of carbonyl (C=O) groups excluding carboxylic acids is 1. The molecule has 1 heterocycles. The van der Waals surface area contributed by atoms with E-state index in [-0.39, 0.29) is 12.1 Å². The Morgan fingerprint density at radius 1 is 1.37 bits per heavy atom. The zero-order valence-electron chi connectivity index (χ0n) is 12.4. The molecule has 5 nitrogen and oxygen atoms in total. The van der Waals surface area contributed by atoms with Crippen molar-refractivity contribution < 1.29 is 19.0 Å². The summed E-state index contributed by atoms with van der Waals surface area (Å²) in [5, 5.41) is 3.24. The van der Waals surface area contributed by atoms with Gasteiger partial charge in [0.05, 0.1) is 19.3 Å². The standard InChI is InChI=1S/C14H27NO4/c1-4-8-15-14(3,13(16)18-5-2)11-19-12-6-9-17-10-7-12/h12,15H,4-11H2,1-3H3. The Morgan fingerprint density at radius 2 is 2.05 bits per heavy atom. The topological polar surface area (TPSA) is 56.8 Å². The van der Waals surface area contributed by atoms with E-state index in [1.54, 1.807) is 0 Å². The Hall–Kier alpha value is -0.650. The summed E-state index contributed by atoms with van der Waals surface area (Å²) in [5.74, 6) is -0.240. The molecule has 0 spiro atoms. The van der Waals surface area contributed by atoms with Crippen LogP contribution in [0.5, 0.6) is 0 Å². The van der Waals surface area contributed by atoms with Crippen LogP contribution >= 0.6 is 0 Å². The summed E-state index contributed by atoms with van der Waals surface area (Å²) in [6.07, 6.45) is 2.94. The quantitative estimate of drug-likeness (QED) is 0.679. The third kappa shape index (κ3) is 5.47. The molecule has 5 heteroatoms. The van der Waals surface area contributed by atoms with Crippen LogP contribution in [0.4, 0.5) is 0 Å². The van der Waals surface area contributed by atoms with Crippen LogP contribution in [-0.4, -0.2) is 50.6 Å². The third-order valence-electron chi connectivity index (χ3n) is 3.27. The normalized spacial score (nSPS) is 19.9. The lowest BCUT2D eigenvalue weighted by atomic mass is 10.0. The maximum Gasteiger partial charge on any atom is 0.328 e. The van der Waals surface area contributed by atoms with Gasteiger partial charge >= 0.3 is 5.97 Å². The molecular weight excluding hydrogens is 246 g/mol. The highest BCUT2D eigenvalue weighted by molar-refractivity contribution is 5.80. The molecule has 0 aromatic carbocycles. The van der Waals surface area contributed by atoms with Crippen molar-refractivity contribution in [1.82, 2.24) is 5.32 Å². The first-order valence-electron chi connectivity index (χ1n) is 7.24. The molecule has 1 N–H and O–H groups in total. The average molecular weight is 273 g/mol. The maximum atomic E-state index is 12.1. The van der Waals surface area contributed by atoms with Crippen LogP contribution in [0.25, 0.3) is 0 Å². The Morgan fingerprint density at radius 3 is 2.63 bits per heavy atom. The van der Waals surface area contributed by atoms with E-state index >= 15 is 0 Å². The van der Waals surface area contributed by atoms with E-state index in [4.69, 9.17) is 14.2 Å². The van der Waals surface area contributed by atoms with Crippen LogP contribution in [0.2, 0.25) is 0 Å². The Labute approximate surface area is 116 Å². The molecule has 0 amide bonds. The highest BCUT2D eigenvalue weighted by Gasteiger charge is 2.35. The van der Waals surface area contributed by atoms with Crippen molar-refractivity contribution in [1.29, 1.82) is 0 Å². The van der Waals surface area contributed by atoms with E-state index in [1.807, 2.05) is 13.8 Å². The number of ether oxygens (including phenoxy) is 3. The van der Waals surface area contributed by atoms with Gasteiger partial charge in [-0.15, -0.1) is 0 Å². The second-order valence-corrected chi connectivity index (χ2v) is 5.10. The minimum atomic E-state index is -0.760. The Kier molecular flexibility index (Phi) is 7.34. The molecule has 1 aliphatic rings. The number of esters is 1. The molecule has 1 rings (SSSR count). The summed E-state index contributed by atoms with van der Waals surface area (Å²) in [7, 11) is 0. The predicted molar refractivity (Wildman–Crippen MR) is 73.1 cm³/mol. The largest absolute Gasteiger partial charge is 0.465 e. The van der Waals surface area contributed by atoms with Crippen molar-refractivity contribution in [2.24, 2.45) is 0 Å². The number of carbonyl (C=O) groups is 1. The lowest BCUT2D eigenvalue weighted by Gasteiger charge is -2.31. The van der Waals surface area contributed by atoms with E-state index in [0.29, 0.717) is 13.2 Å². The highest BCUT2D eigenvalue weighted by atomic mass is 16.5. The molecule has 0 aliphatic carbocycles. The smallest absolute Gasteiger partial charge is 0.328 e. The fourth-order valence-electron chi connectivity index (χ4n) is 2.00. The maximum absolute atomic E-state index is 12.1. The third-order valence-corrected chi connectivity index (χ3v) is 3.27. The summed E-state index contributed by atoms with van der Waals surface area (Å²) in [6.45, 7) is 8.71. The number of nitrogens with one attached hydrogen (secondary N) is 1. The van der Waals surface area contributed by atoms with Crippen LogP contribution in [0.1, 0.15) is 40.0 Å². The van der Waals surface area contributed by atoms with Gasteiger partial charge in [0.15, 0.2) is 0 Å². The van der Waals surface area contributed by atoms with E-state index in [2.05, 4.69) is 12.2 Å². The molecule has 1 unspecified atom stereocenters. The molecule has 112 valence electrons. The van der Waals surface area contributed by atoms with Gasteiger partial charge in [-0.3, -0.25) is 0 Å². The highest BCUT2D eigenvalue weighted by Crippen LogP contribution is 2.15. The van der Waals surface area contributed by atoms with Gasteiger partial charge in [-0.05, 0) is 39.7 Å². The minimum absolute atomic E-state index is 0.186. The number of hydrogen-bond donors (Lipinski definition) is 1. The zero-order chi connectivity index (χ0) is 14.1. The second-order valence-electron chi connectivity index (χ2n) is 5.10. The molecule has 1 saturated heterocycles. The monoisotopic (exact) mass is 273 g/mol. The average Bonchev–Trinajstić information content (AvgIpc) is 2.44. The summed E-state index contributed by atoms with van der Waals surface area (Å²) < 4.78 is 16.3. The van der Waals surface area contributed by atoms with Crippen molar-refractivity contribution in [3.8, 4) is 0 Å². The van der Waals surface area contributed by atoms with E-state index in [0.717, 1.165) is 39.0 Å². The van der Waals surface area contributed by atoms with Gasteiger partial charge in [0.2, 0.25) is 0 Å². The van der Waals surface area contributed by atoms with Gasteiger partial charge < -0.3 is 19.5 Å². The Bertz CT molecular complexity index is 266. The molecule has 1 aliphatic heterocycles. The Balaban J connectivity index is 2.49. The number of rotatable bonds is 8. The van der Waals surface area contributed by atoms with Crippen LogP contribution in [0.15, 0.2) is 0 Å². The summed E-state index contributed by atoms with van der Waals surface area (Å²) in [6, 6.07) is 0. The van der Waals surface area contributed by atoms with Gasteiger partial charge in [0.1, 0.15) is 5.54 Å². The van der Waals surface area contributed by atoms with Crippen molar-refractivity contribution in [3.05, 3.63) is 0 Å². The molecule has 0 aromatic rings. The minimum Gasteiger partial charge on any atom is -0.465 e. The summed E-state index contributed by atoms with van der Waals surface area (Å²) >= 11 is 0. The molecule has 0 bridgehead atoms. The first-order valence-corrected chi connectivity index (χ1v) is 7.24. The molecule has 0 radical (unpaired) electrons. The van der Waals surface area contributed by atoms with E-state index in [1.165, 1.54) is 0 Å². The van der Waals surface area contributed by atoms with Gasteiger partial charge in [0, 0.05) is 13.2 Å². The lowest BCUT2D eigenvalue weighted by molar-refractivity contribution is -0.155. The fraction of sp³-hybridized carbons (Fsp3) is 0.929. The van der Waals surface area contributed by atoms with Gasteiger partial charge in [-0.2, -0.15) is 0 Å². The van der Waals surface area contributed by atoms with Crippen LogP contribution in [-0.2, 0) is 19.0 Å². The number of hydrogen-bond acceptors (Lipinski definition) is 5.